The molecule has 0 bridgehead atoms. The number of nitrogen functional groups attached to an aromatic ring is 2. The van der Waals surface area contributed by atoms with Crippen LogP contribution in [0.15, 0.2) is 60.9 Å². The molecule has 0 saturated heterocycles. The average Bonchev–Trinajstić information content (AvgIpc) is 2.76. The zero-order chi connectivity index (χ0) is 20.8. The molecule has 154 valence electrons. The molecule has 4 aromatic rings. The van der Waals surface area contributed by atoms with E-state index in [0.29, 0.717) is 0 Å². The number of nitrogens with zero attached hydrogens (tertiary/aromatic N) is 2. The number of hydrogen-bond donors (Lipinski definition) is 4. The molecule has 0 aliphatic rings. The van der Waals surface area contributed by atoms with Gasteiger partial charge in [-0.15, -0.1) is 0 Å². The Morgan fingerprint density at radius 1 is 0.600 bits per heavy atom. The van der Waals surface area contributed by atoms with E-state index >= 15 is 0 Å². The maximum Gasteiger partial charge on any atom is 0.0724 e. The van der Waals surface area contributed by atoms with Crippen molar-refractivity contribution in [1.82, 2.24) is 9.97 Å². The van der Waals surface area contributed by atoms with E-state index in [4.69, 9.17) is 11.5 Å². The van der Waals surface area contributed by atoms with Crippen molar-refractivity contribution < 1.29 is 0 Å². The fraction of sp³-hybridized carbons (Fsp3) is 0.250. The quantitative estimate of drug-likeness (QED) is 0.232. The fourth-order valence-electron chi connectivity index (χ4n) is 3.69. The lowest BCUT2D eigenvalue weighted by Crippen LogP contribution is -2.04. The molecule has 2 aromatic heterocycles. The Kier molecular flexibility index (Phi) is 6.13. The van der Waals surface area contributed by atoms with Gasteiger partial charge < -0.3 is 22.1 Å². The molecular weight excluding hydrogens is 372 g/mol. The molecule has 6 heteroatoms. The highest BCUT2D eigenvalue weighted by Crippen LogP contribution is 2.25. The summed E-state index contributed by atoms with van der Waals surface area (Å²) >= 11 is 0. The Balaban J connectivity index is 1.19. The monoisotopic (exact) mass is 400 g/mol. The number of hydrogen-bond acceptors (Lipinski definition) is 6. The second kappa shape index (κ2) is 9.31. The highest BCUT2D eigenvalue weighted by atomic mass is 14.9. The van der Waals surface area contributed by atoms with Crippen LogP contribution in [0.1, 0.15) is 25.7 Å². The molecule has 30 heavy (non-hydrogen) atoms. The van der Waals surface area contributed by atoms with Crippen LogP contribution in [0.2, 0.25) is 0 Å². The maximum atomic E-state index is 5.92. The van der Waals surface area contributed by atoms with Crippen LogP contribution in [0.3, 0.4) is 0 Å². The van der Waals surface area contributed by atoms with Gasteiger partial charge in [0, 0.05) is 59.0 Å². The second-order valence-electron chi connectivity index (χ2n) is 7.54. The van der Waals surface area contributed by atoms with Crippen LogP contribution < -0.4 is 22.1 Å². The standard InChI is InChI=1S/C24H28N6/c25-17-5-7-21-19(15-17)23(9-13-29-21)27-11-3-1-2-4-12-28-24-10-14-30-22-8-6-18(26)16-20(22)24/h5-10,13-16H,1-4,11-12,25-26H2,(H,27,29)(H,28,30). The topological polar surface area (TPSA) is 102 Å². The Labute approximate surface area is 176 Å². The number of nitrogens with two attached hydrogens (primary N) is 2. The SMILES string of the molecule is Nc1ccc2nccc(NCCCCCCNc3ccnc4ccc(N)cc34)c2c1. The van der Waals surface area contributed by atoms with Gasteiger partial charge in [0.2, 0.25) is 0 Å². The van der Waals surface area contributed by atoms with Crippen LogP contribution in [0, 0.1) is 0 Å². The third kappa shape index (κ3) is 4.71. The summed E-state index contributed by atoms with van der Waals surface area (Å²) in [7, 11) is 0. The third-order valence-corrected chi connectivity index (χ3v) is 5.27. The molecule has 0 unspecified atom stereocenters. The first-order chi connectivity index (χ1) is 14.7. The van der Waals surface area contributed by atoms with Gasteiger partial charge in [0.15, 0.2) is 0 Å². The van der Waals surface area contributed by atoms with E-state index in [-0.39, 0.29) is 0 Å². The van der Waals surface area contributed by atoms with E-state index in [1.165, 1.54) is 12.8 Å². The van der Waals surface area contributed by atoms with E-state index < -0.39 is 0 Å². The summed E-state index contributed by atoms with van der Waals surface area (Å²) in [6.45, 7) is 1.88. The molecule has 0 radical (unpaired) electrons. The molecule has 0 saturated carbocycles. The van der Waals surface area contributed by atoms with Gasteiger partial charge in [-0.3, -0.25) is 9.97 Å². The first kappa shape index (κ1) is 19.8. The number of aromatic nitrogens is 2. The van der Waals surface area contributed by atoms with Crippen LogP contribution in [-0.4, -0.2) is 23.1 Å². The Morgan fingerprint density at radius 3 is 1.53 bits per heavy atom. The fourth-order valence-corrected chi connectivity index (χ4v) is 3.69. The molecule has 0 aliphatic heterocycles. The number of nitrogens with one attached hydrogen (secondary N) is 2. The van der Waals surface area contributed by atoms with Crippen molar-refractivity contribution in [3.8, 4) is 0 Å². The summed E-state index contributed by atoms with van der Waals surface area (Å²) in [6, 6.07) is 15.7. The summed E-state index contributed by atoms with van der Waals surface area (Å²) < 4.78 is 0. The predicted molar refractivity (Wildman–Crippen MR) is 128 cm³/mol. The molecule has 0 aliphatic carbocycles. The molecule has 0 fully saturated rings. The molecule has 6 nitrogen and oxygen atoms in total. The number of pyridine rings is 2. The lowest BCUT2D eigenvalue weighted by Gasteiger charge is -2.11. The summed E-state index contributed by atoms with van der Waals surface area (Å²) in [6.07, 6.45) is 8.29. The second-order valence-corrected chi connectivity index (χ2v) is 7.54. The molecule has 6 N–H and O–H groups in total. The zero-order valence-corrected chi connectivity index (χ0v) is 17.1. The van der Waals surface area contributed by atoms with Crippen molar-refractivity contribution >= 4 is 44.6 Å². The van der Waals surface area contributed by atoms with Crippen molar-refractivity contribution in [3.63, 3.8) is 0 Å². The summed E-state index contributed by atoms with van der Waals surface area (Å²) in [5.41, 5.74) is 17.5. The lowest BCUT2D eigenvalue weighted by atomic mass is 10.1. The molecule has 0 atom stereocenters. The van der Waals surface area contributed by atoms with Gasteiger partial charge in [-0.25, -0.2) is 0 Å². The van der Waals surface area contributed by atoms with Crippen LogP contribution in [0.5, 0.6) is 0 Å². The van der Waals surface area contributed by atoms with Crippen LogP contribution >= 0.6 is 0 Å². The van der Waals surface area contributed by atoms with E-state index in [1.807, 2.05) is 60.9 Å². The summed E-state index contributed by atoms with van der Waals surface area (Å²) in [5, 5.41) is 9.21. The van der Waals surface area contributed by atoms with Gasteiger partial charge in [-0.1, -0.05) is 12.8 Å². The van der Waals surface area contributed by atoms with Crippen molar-refractivity contribution in [1.29, 1.82) is 0 Å². The number of unbranched alkanes of at least 4 members (excludes halogenated alkanes) is 3. The number of benzene rings is 2. The molecule has 2 aromatic carbocycles. The van der Waals surface area contributed by atoms with Gasteiger partial charge in [0.05, 0.1) is 11.0 Å². The van der Waals surface area contributed by atoms with E-state index in [0.717, 1.165) is 70.5 Å². The minimum Gasteiger partial charge on any atom is -0.399 e. The average molecular weight is 401 g/mol. The van der Waals surface area contributed by atoms with Gasteiger partial charge >= 0.3 is 0 Å². The van der Waals surface area contributed by atoms with Crippen molar-refractivity contribution in [3.05, 3.63) is 60.9 Å². The number of rotatable bonds is 9. The number of fused-ring (bicyclic) bond motifs is 2. The van der Waals surface area contributed by atoms with Gasteiger partial charge in [-0.2, -0.15) is 0 Å². The van der Waals surface area contributed by atoms with E-state index in [9.17, 15) is 0 Å². The largest absolute Gasteiger partial charge is 0.399 e. The first-order valence-electron chi connectivity index (χ1n) is 10.5. The highest BCUT2D eigenvalue weighted by Gasteiger charge is 2.03. The van der Waals surface area contributed by atoms with Gasteiger partial charge in [0.25, 0.3) is 0 Å². The van der Waals surface area contributed by atoms with Crippen molar-refractivity contribution in [2.75, 3.05) is 35.2 Å². The molecule has 2 heterocycles. The molecular formula is C24H28N6. The van der Waals surface area contributed by atoms with E-state index in [1.54, 1.807) is 0 Å². The van der Waals surface area contributed by atoms with Crippen LogP contribution in [0.25, 0.3) is 21.8 Å². The van der Waals surface area contributed by atoms with Crippen molar-refractivity contribution in [2.24, 2.45) is 0 Å². The Bertz CT molecular complexity index is 1050. The predicted octanol–water partition coefficient (Wildman–Crippen LogP) is 5.03. The minimum atomic E-state index is 0.760. The lowest BCUT2D eigenvalue weighted by molar-refractivity contribution is 0.671. The maximum absolute atomic E-state index is 5.92. The highest BCUT2D eigenvalue weighted by molar-refractivity contribution is 5.93. The third-order valence-electron chi connectivity index (χ3n) is 5.27. The van der Waals surface area contributed by atoms with Crippen LogP contribution in [-0.2, 0) is 0 Å². The molecule has 0 spiro atoms. The normalized spacial score (nSPS) is 11.1. The van der Waals surface area contributed by atoms with Crippen molar-refractivity contribution in [2.45, 2.75) is 25.7 Å². The first-order valence-corrected chi connectivity index (χ1v) is 10.5. The Morgan fingerprint density at radius 2 is 1.07 bits per heavy atom. The summed E-state index contributed by atoms with van der Waals surface area (Å²) in [5.74, 6) is 0. The van der Waals surface area contributed by atoms with Gasteiger partial charge in [0.1, 0.15) is 0 Å². The molecule has 4 rings (SSSR count). The number of anilines is 4. The summed E-state index contributed by atoms with van der Waals surface area (Å²) in [4.78, 5) is 8.79. The minimum absolute atomic E-state index is 0.760. The zero-order valence-electron chi connectivity index (χ0n) is 17.1. The smallest absolute Gasteiger partial charge is 0.0724 e. The Hall–Kier alpha value is -3.54. The van der Waals surface area contributed by atoms with Gasteiger partial charge in [-0.05, 0) is 61.4 Å². The van der Waals surface area contributed by atoms with E-state index in [2.05, 4.69) is 20.6 Å². The molecule has 0 amide bonds. The van der Waals surface area contributed by atoms with Crippen LogP contribution in [0.4, 0.5) is 22.7 Å².